The average molecular weight is 357 g/mol. The first-order valence-electron chi connectivity index (χ1n) is 10.6. The number of benzene rings is 2. The summed E-state index contributed by atoms with van der Waals surface area (Å²) in [6.07, 6.45) is 7.36. The Morgan fingerprint density at radius 3 is 2.44 bits per heavy atom. The van der Waals surface area contributed by atoms with E-state index in [1.54, 1.807) is 0 Å². The van der Waals surface area contributed by atoms with Crippen molar-refractivity contribution in [3.8, 4) is 6.07 Å². The van der Waals surface area contributed by atoms with Gasteiger partial charge in [0.15, 0.2) is 0 Å². The van der Waals surface area contributed by atoms with Crippen molar-refractivity contribution in [2.45, 2.75) is 50.1 Å². The fourth-order valence-electron chi connectivity index (χ4n) is 6.57. The van der Waals surface area contributed by atoms with Crippen LogP contribution in [0.15, 0.2) is 60.7 Å². The molecule has 6 unspecified atom stereocenters. The first-order chi connectivity index (χ1) is 13.3. The van der Waals surface area contributed by atoms with Crippen molar-refractivity contribution in [2.24, 2.45) is 23.7 Å². The summed E-state index contributed by atoms with van der Waals surface area (Å²) in [7, 11) is 0. The fraction of sp³-hybridized carbons (Fsp3) is 0.480. The van der Waals surface area contributed by atoms with Crippen molar-refractivity contribution in [1.82, 2.24) is 5.32 Å². The number of hydrogen-bond donors (Lipinski definition) is 1. The summed E-state index contributed by atoms with van der Waals surface area (Å²) in [6.45, 7) is 0. The molecule has 1 N–H and O–H groups in total. The van der Waals surface area contributed by atoms with Gasteiger partial charge >= 0.3 is 0 Å². The molecular formula is C25H28N2. The van der Waals surface area contributed by atoms with E-state index in [9.17, 15) is 5.26 Å². The molecule has 3 saturated carbocycles. The molecule has 0 aliphatic heterocycles. The van der Waals surface area contributed by atoms with Gasteiger partial charge in [-0.2, -0.15) is 5.26 Å². The quantitative estimate of drug-likeness (QED) is 0.791. The Morgan fingerprint density at radius 2 is 1.70 bits per heavy atom. The molecule has 3 fully saturated rings. The van der Waals surface area contributed by atoms with E-state index in [0.29, 0.717) is 5.92 Å². The zero-order chi connectivity index (χ0) is 18.3. The molecule has 2 heteroatoms. The third-order valence-corrected chi connectivity index (χ3v) is 7.64. The van der Waals surface area contributed by atoms with Crippen LogP contribution >= 0.6 is 0 Å². The standard InChI is InChI=1S/C25H28N2/c26-17-25(16-20-15-23(25)22-13-7-12-21(20)22)27-24(19-10-5-2-6-11-19)14-18-8-3-1-4-9-18/h1-6,8-11,20-24,27H,7,12-16H2. The minimum absolute atomic E-state index is 0.187. The molecule has 2 nitrogen and oxygen atoms in total. The van der Waals surface area contributed by atoms with Gasteiger partial charge in [-0.1, -0.05) is 67.1 Å². The highest BCUT2D eigenvalue weighted by Crippen LogP contribution is 2.62. The summed E-state index contributed by atoms with van der Waals surface area (Å²) >= 11 is 0. The Hall–Kier alpha value is -2.11. The van der Waals surface area contributed by atoms with Crippen molar-refractivity contribution in [1.29, 1.82) is 5.26 Å². The van der Waals surface area contributed by atoms with Crippen LogP contribution in [0.5, 0.6) is 0 Å². The smallest absolute Gasteiger partial charge is 0.110 e. The molecule has 0 amide bonds. The Kier molecular flexibility index (Phi) is 4.29. The van der Waals surface area contributed by atoms with Gasteiger partial charge in [-0.25, -0.2) is 0 Å². The first-order valence-corrected chi connectivity index (χ1v) is 10.6. The maximum atomic E-state index is 10.3. The Bertz CT molecular complexity index is 824. The molecule has 0 saturated heterocycles. The van der Waals surface area contributed by atoms with Crippen molar-refractivity contribution < 1.29 is 0 Å². The lowest BCUT2D eigenvalue weighted by atomic mass is 9.71. The third-order valence-electron chi connectivity index (χ3n) is 7.64. The fourth-order valence-corrected chi connectivity index (χ4v) is 6.57. The van der Waals surface area contributed by atoms with Crippen molar-refractivity contribution in [3.63, 3.8) is 0 Å². The van der Waals surface area contributed by atoms with Gasteiger partial charge in [-0.15, -0.1) is 0 Å². The van der Waals surface area contributed by atoms with Crippen LogP contribution in [-0.4, -0.2) is 5.54 Å². The van der Waals surface area contributed by atoms with Crippen LogP contribution in [0.4, 0.5) is 0 Å². The minimum atomic E-state index is -0.342. The van der Waals surface area contributed by atoms with Gasteiger partial charge in [0.05, 0.1) is 6.07 Å². The van der Waals surface area contributed by atoms with Gasteiger partial charge in [-0.3, -0.25) is 5.32 Å². The molecular weight excluding hydrogens is 328 g/mol. The predicted octanol–water partition coefficient (Wildman–Crippen LogP) is 5.28. The number of hydrogen-bond acceptors (Lipinski definition) is 2. The molecule has 27 heavy (non-hydrogen) atoms. The Morgan fingerprint density at radius 1 is 1.00 bits per heavy atom. The van der Waals surface area contributed by atoms with Gasteiger partial charge in [0.1, 0.15) is 5.54 Å². The van der Waals surface area contributed by atoms with E-state index in [2.05, 4.69) is 72.0 Å². The number of nitriles is 1. The van der Waals surface area contributed by atoms with E-state index >= 15 is 0 Å². The molecule has 0 aromatic heterocycles. The summed E-state index contributed by atoms with van der Waals surface area (Å²) in [4.78, 5) is 0. The van der Waals surface area contributed by atoms with Gasteiger partial charge in [0.2, 0.25) is 0 Å². The summed E-state index contributed by atoms with van der Waals surface area (Å²) in [6, 6.07) is 24.4. The highest BCUT2D eigenvalue weighted by atomic mass is 15.0. The highest BCUT2D eigenvalue weighted by molar-refractivity contribution is 5.28. The van der Waals surface area contributed by atoms with Crippen molar-refractivity contribution >= 4 is 0 Å². The highest BCUT2D eigenvalue weighted by Gasteiger charge is 2.61. The maximum absolute atomic E-state index is 10.3. The maximum Gasteiger partial charge on any atom is 0.110 e. The van der Waals surface area contributed by atoms with Crippen LogP contribution in [0, 0.1) is 35.0 Å². The van der Waals surface area contributed by atoms with Crippen LogP contribution in [0.3, 0.4) is 0 Å². The molecule has 5 rings (SSSR count). The Labute approximate surface area is 162 Å². The summed E-state index contributed by atoms with van der Waals surface area (Å²) in [5, 5.41) is 14.2. The SMILES string of the molecule is N#CC1(NC(Cc2ccccc2)c2ccccc2)CC2CC1C1CCCC21. The van der Waals surface area contributed by atoms with Crippen LogP contribution in [0.2, 0.25) is 0 Å². The van der Waals surface area contributed by atoms with Gasteiger partial charge in [0, 0.05) is 6.04 Å². The number of rotatable bonds is 5. The molecule has 0 spiro atoms. The average Bonchev–Trinajstić information content (AvgIpc) is 3.42. The van der Waals surface area contributed by atoms with Crippen LogP contribution in [-0.2, 0) is 6.42 Å². The largest absolute Gasteiger partial charge is 0.292 e. The van der Waals surface area contributed by atoms with Crippen LogP contribution < -0.4 is 5.32 Å². The molecule has 3 aliphatic rings. The van der Waals surface area contributed by atoms with Gasteiger partial charge in [0.25, 0.3) is 0 Å². The molecule has 3 aliphatic carbocycles. The zero-order valence-corrected chi connectivity index (χ0v) is 15.9. The number of fused-ring (bicyclic) bond motifs is 5. The van der Waals surface area contributed by atoms with Crippen molar-refractivity contribution in [2.75, 3.05) is 0 Å². The van der Waals surface area contributed by atoms with E-state index in [1.807, 2.05) is 0 Å². The van der Waals surface area contributed by atoms with E-state index < -0.39 is 0 Å². The van der Waals surface area contributed by atoms with E-state index in [-0.39, 0.29) is 11.6 Å². The van der Waals surface area contributed by atoms with Gasteiger partial charge in [-0.05, 0) is 66.9 Å². The normalized spacial score (nSPS) is 34.9. The van der Waals surface area contributed by atoms with Gasteiger partial charge < -0.3 is 0 Å². The molecule has 138 valence electrons. The molecule has 0 radical (unpaired) electrons. The molecule has 2 bridgehead atoms. The second-order valence-corrected chi connectivity index (χ2v) is 8.95. The topological polar surface area (TPSA) is 35.8 Å². The molecule has 2 aromatic rings. The zero-order valence-electron chi connectivity index (χ0n) is 15.9. The lowest BCUT2D eigenvalue weighted by Crippen LogP contribution is -2.53. The summed E-state index contributed by atoms with van der Waals surface area (Å²) in [5.74, 6) is 3.00. The lowest BCUT2D eigenvalue weighted by Gasteiger charge is -2.41. The van der Waals surface area contributed by atoms with Crippen LogP contribution in [0.25, 0.3) is 0 Å². The summed E-state index contributed by atoms with van der Waals surface area (Å²) < 4.78 is 0. The molecule has 2 aromatic carbocycles. The van der Waals surface area contributed by atoms with E-state index in [4.69, 9.17) is 0 Å². The lowest BCUT2D eigenvalue weighted by molar-refractivity contribution is 0.151. The van der Waals surface area contributed by atoms with E-state index in [0.717, 1.165) is 30.6 Å². The van der Waals surface area contributed by atoms with Crippen molar-refractivity contribution in [3.05, 3.63) is 71.8 Å². The Balaban J connectivity index is 1.45. The van der Waals surface area contributed by atoms with Crippen LogP contribution in [0.1, 0.15) is 49.3 Å². The first kappa shape index (κ1) is 17.0. The monoisotopic (exact) mass is 356 g/mol. The second-order valence-electron chi connectivity index (χ2n) is 8.95. The number of nitrogens with one attached hydrogen (secondary N) is 1. The second kappa shape index (κ2) is 6.80. The summed E-state index contributed by atoms with van der Waals surface area (Å²) in [5.41, 5.74) is 2.28. The molecule has 6 atom stereocenters. The predicted molar refractivity (Wildman–Crippen MR) is 108 cm³/mol. The molecule has 0 heterocycles. The minimum Gasteiger partial charge on any atom is -0.292 e. The third kappa shape index (κ3) is 2.89. The van der Waals surface area contributed by atoms with E-state index in [1.165, 1.54) is 36.8 Å². The number of nitrogens with zero attached hydrogens (tertiary/aromatic N) is 1.